The highest BCUT2D eigenvalue weighted by Gasteiger charge is 2.09. The summed E-state index contributed by atoms with van der Waals surface area (Å²) in [7, 11) is 1.96. The van der Waals surface area contributed by atoms with Crippen molar-refractivity contribution >= 4 is 0 Å². The Bertz CT molecular complexity index is 548. The molecule has 0 aliphatic carbocycles. The first-order valence-corrected chi connectivity index (χ1v) is 7.05. The highest BCUT2D eigenvalue weighted by atomic mass is 16.5. The second-order valence-electron chi connectivity index (χ2n) is 5.33. The van der Waals surface area contributed by atoms with E-state index in [1.54, 1.807) is 0 Å². The van der Waals surface area contributed by atoms with Gasteiger partial charge in [-0.1, -0.05) is 12.1 Å². The first-order valence-electron chi connectivity index (χ1n) is 7.05. The van der Waals surface area contributed by atoms with Crippen molar-refractivity contribution < 1.29 is 4.74 Å². The zero-order chi connectivity index (χ0) is 14.5. The molecule has 1 aromatic carbocycles. The number of aryl methyl sites for hydroxylation is 2. The van der Waals surface area contributed by atoms with Crippen LogP contribution in [0.5, 0.6) is 5.75 Å². The minimum atomic E-state index is 0.0145. The molecule has 0 spiro atoms. The molecule has 0 aliphatic rings. The molecule has 0 fully saturated rings. The van der Waals surface area contributed by atoms with Crippen molar-refractivity contribution in [3.05, 3.63) is 47.8 Å². The summed E-state index contributed by atoms with van der Waals surface area (Å²) in [6.45, 7) is 4.05. The normalized spacial score (nSPS) is 12.7. The average molecular weight is 273 g/mol. The molecule has 0 saturated carbocycles. The van der Waals surface area contributed by atoms with Gasteiger partial charge in [0.25, 0.3) is 0 Å². The van der Waals surface area contributed by atoms with E-state index in [4.69, 9.17) is 10.5 Å². The Morgan fingerprint density at radius 3 is 2.75 bits per heavy atom. The van der Waals surface area contributed by atoms with Gasteiger partial charge in [-0.25, -0.2) is 0 Å². The SMILES string of the molecule is CC(C)Oc1cccc(C(N)CCc2ccnn2C)c1. The van der Waals surface area contributed by atoms with E-state index in [0.29, 0.717) is 0 Å². The third-order valence-electron chi connectivity index (χ3n) is 3.29. The molecule has 4 heteroatoms. The summed E-state index contributed by atoms with van der Waals surface area (Å²) >= 11 is 0. The molecular formula is C16H23N3O. The van der Waals surface area contributed by atoms with Gasteiger partial charge in [0, 0.05) is 25.0 Å². The molecule has 0 saturated heterocycles. The van der Waals surface area contributed by atoms with Crippen LogP contribution in [0, 0.1) is 0 Å². The molecule has 0 bridgehead atoms. The van der Waals surface area contributed by atoms with Gasteiger partial charge in [-0.2, -0.15) is 5.10 Å². The molecule has 0 radical (unpaired) electrons. The average Bonchev–Trinajstić information content (AvgIpc) is 2.81. The molecule has 2 aromatic rings. The highest BCUT2D eigenvalue weighted by Crippen LogP contribution is 2.22. The van der Waals surface area contributed by atoms with Gasteiger partial charge in [-0.15, -0.1) is 0 Å². The van der Waals surface area contributed by atoms with Crippen molar-refractivity contribution in [3.63, 3.8) is 0 Å². The van der Waals surface area contributed by atoms with Gasteiger partial charge >= 0.3 is 0 Å². The van der Waals surface area contributed by atoms with Gasteiger partial charge in [0.1, 0.15) is 5.75 Å². The summed E-state index contributed by atoms with van der Waals surface area (Å²) in [5.74, 6) is 0.883. The fraction of sp³-hybridized carbons (Fsp3) is 0.438. The molecule has 1 atom stereocenters. The van der Waals surface area contributed by atoms with Crippen molar-refractivity contribution in [3.8, 4) is 5.75 Å². The van der Waals surface area contributed by atoms with Crippen LogP contribution in [0.25, 0.3) is 0 Å². The van der Waals surface area contributed by atoms with Crippen LogP contribution in [0.2, 0.25) is 0 Å². The zero-order valence-electron chi connectivity index (χ0n) is 12.4. The Balaban J connectivity index is 1.98. The topological polar surface area (TPSA) is 53.1 Å². The van der Waals surface area contributed by atoms with Crippen LogP contribution in [-0.4, -0.2) is 15.9 Å². The van der Waals surface area contributed by atoms with Crippen molar-refractivity contribution in [1.29, 1.82) is 0 Å². The maximum Gasteiger partial charge on any atom is 0.120 e. The summed E-state index contributed by atoms with van der Waals surface area (Å²) in [4.78, 5) is 0. The molecule has 108 valence electrons. The predicted molar refractivity (Wildman–Crippen MR) is 80.7 cm³/mol. The lowest BCUT2D eigenvalue weighted by Gasteiger charge is -2.15. The third-order valence-corrected chi connectivity index (χ3v) is 3.29. The number of ether oxygens (including phenoxy) is 1. The monoisotopic (exact) mass is 273 g/mol. The van der Waals surface area contributed by atoms with Crippen LogP contribution in [0.4, 0.5) is 0 Å². The standard InChI is InChI=1S/C16H23N3O/c1-12(2)20-15-6-4-5-13(11-15)16(17)8-7-14-9-10-18-19(14)3/h4-6,9-12,16H,7-8,17H2,1-3H3. The van der Waals surface area contributed by atoms with Crippen LogP contribution in [0.3, 0.4) is 0 Å². The summed E-state index contributed by atoms with van der Waals surface area (Å²) in [6, 6.07) is 10.1. The molecule has 1 heterocycles. The van der Waals surface area contributed by atoms with Crippen LogP contribution in [-0.2, 0) is 13.5 Å². The number of hydrogen-bond acceptors (Lipinski definition) is 3. The Morgan fingerprint density at radius 1 is 1.30 bits per heavy atom. The molecule has 1 aromatic heterocycles. The van der Waals surface area contributed by atoms with Gasteiger partial charge in [-0.05, 0) is 50.5 Å². The lowest BCUT2D eigenvalue weighted by Crippen LogP contribution is -2.13. The van der Waals surface area contributed by atoms with Gasteiger partial charge in [0.05, 0.1) is 6.10 Å². The number of rotatable bonds is 6. The van der Waals surface area contributed by atoms with Crippen LogP contribution < -0.4 is 10.5 Å². The van der Waals surface area contributed by atoms with E-state index in [0.717, 1.165) is 24.2 Å². The molecular weight excluding hydrogens is 250 g/mol. The molecule has 1 unspecified atom stereocenters. The van der Waals surface area contributed by atoms with Crippen LogP contribution in [0.15, 0.2) is 36.5 Å². The zero-order valence-corrected chi connectivity index (χ0v) is 12.4. The van der Waals surface area contributed by atoms with Crippen molar-refractivity contribution in [2.45, 2.75) is 38.8 Å². The fourth-order valence-corrected chi connectivity index (χ4v) is 2.21. The van der Waals surface area contributed by atoms with E-state index in [1.165, 1.54) is 5.69 Å². The molecule has 20 heavy (non-hydrogen) atoms. The predicted octanol–water partition coefficient (Wildman–Crippen LogP) is 2.84. The Labute approximate surface area is 120 Å². The van der Waals surface area contributed by atoms with E-state index in [-0.39, 0.29) is 12.1 Å². The van der Waals surface area contributed by atoms with E-state index >= 15 is 0 Å². The number of aromatic nitrogens is 2. The van der Waals surface area contributed by atoms with Crippen LogP contribution in [0.1, 0.15) is 37.6 Å². The Kier molecular flexibility index (Phi) is 4.79. The summed E-state index contributed by atoms with van der Waals surface area (Å²) in [5.41, 5.74) is 8.60. The lowest BCUT2D eigenvalue weighted by molar-refractivity contribution is 0.242. The summed E-state index contributed by atoms with van der Waals surface area (Å²) in [6.07, 6.45) is 3.81. The van der Waals surface area contributed by atoms with Gasteiger partial charge in [0.15, 0.2) is 0 Å². The first kappa shape index (κ1) is 14.6. The molecule has 2 rings (SSSR count). The van der Waals surface area contributed by atoms with Crippen molar-refractivity contribution in [1.82, 2.24) is 9.78 Å². The third kappa shape index (κ3) is 3.84. The van der Waals surface area contributed by atoms with Gasteiger partial charge in [-0.3, -0.25) is 4.68 Å². The highest BCUT2D eigenvalue weighted by molar-refractivity contribution is 5.30. The van der Waals surface area contributed by atoms with E-state index in [2.05, 4.69) is 11.2 Å². The van der Waals surface area contributed by atoms with E-state index in [9.17, 15) is 0 Å². The first-order chi connectivity index (χ1) is 9.56. The molecule has 0 amide bonds. The molecule has 2 N–H and O–H groups in total. The molecule has 0 aliphatic heterocycles. The van der Waals surface area contributed by atoms with Crippen molar-refractivity contribution in [2.75, 3.05) is 0 Å². The summed E-state index contributed by atoms with van der Waals surface area (Å²) in [5, 5.41) is 4.17. The van der Waals surface area contributed by atoms with E-state index in [1.807, 2.05) is 56.0 Å². The second-order valence-corrected chi connectivity index (χ2v) is 5.33. The fourth-order valence-electron chi connectivity index (χ4n) is 2.21. The maximum absolute atomic E-state index is 6.28. The number of benzene rings is 1. The largest absolute Gasteiger partial charge is 0.491 e. The number of nitrogens with two attached hydrogens (primary N) is 1. The Hall–Kier alpha value is -1.81. The van der Waals surface area contributed by atoms with Gasteiger partial charge in [0.2, 0.25) is 0 Å². The minimum absolute atomic E-state index is 0.0145. The smallest absolute Gasteiger partial charge is 0.120 e. The number of hydrogen-bond donors (Lipinski definition) is 1. The van der Waals surface area contributed by atoms with Crippen LogP contribution >= 0.6 is 0 Å². The van der Waals surface area contributed by atoms with Crippen molar-refractivity contribution in [2.24, 2.45) is 12.8 Å². The van der Waals surface area contributed by atoms with Gasteiger partial charge < -0.3 is 10.5 Å². The Morgan fingerprint density at radius 2 is 2.10 bits per heavy atom. The second kappa shape index (κ2) is 6.57. The summed E-state index contributed by atoms with van der Waals surface area (Å²) < 4.78 is 7.60. The van der Waals surface area contributed by atoms with E-state index < -0.39 is 0 Å². The molecule has 4 nitrogen and oxygen atoms in total. The maximum atomic E-state index is 6.28. The quantitative estimate of drug-likeness (QED) is 0.880. The number of nitrogens with zero attached hydrogens (tertiary/aromatic N) is 2. The lowest BCUT2D eigenvalue weighted by atomic mass is 10.0. The minimum Gasteiger partial charge on any atom is -0.491 e.